The summed E-state index contributed by atoms with van der Waals surface area (Å²) in [4.78, 5) is 19.2. The number of ether oxygens (including phenoxy) is 1. The highest BCUT2D eigenvalue weighted by atomic mass is 35.5. The number of aromatic nitrogens is 1. The van der Waals surface area contributed by atoms with Gasteiger partial charge in [-0.25, -0.2) is 0 Å². The molecule has 2 heterocycles. The quantitative estimate of drug-likeness (QED) is 0.844. The van der Waals surface area contributed by atoms with Crippen LogP contribution in [-0.2, 0) is 10.2 Å². The maximum Gasteiger partial charge on any atom is 0.263 e. The number of carbonyl (C=O) groups is 1. The Morgan fingerprint density at radius 3 is 2.75 bits per heavy atom. The third-order valence-electron chi connectivity index (χ3n) is 4.96. The number of halogens is 1. The van der Waals surface area contributed by atoms with Crippen molar-refractivity contribution in [3.05, 3.63) is 59.9 Å². The van der Waals surface area contributed by atoms with Crippen LogP contribution in [0.5, 0.6) is 5.75 Å². The molecule has 0 spiro atoms. The number of hydrogen-bond acceptors (Lipinski definition) is 4. The van der Waals surface area contributed by atoms with Gasteiger partial charge in [-0.15, -0.1) is 12.4 Å². The van der Waals surface area contributed by atoms with E-state index in [0.29, 0.717) is 6.54 Å². The first-order chi connectivity index (χ1) is 12.9. The fraction of sp³-hybridized carbons (Fsp3) is 0.455. The Balaban J connectivity index is 0.00000280. The Bertz CT molecular complexity index is 777. The van der Waals surface area contributed by atoms with Crippen LogP contribution < -0.4 is 10.1 Å². The van der Waals surface area contributed by atoms with Crippen molar-refractivity contribution in [2.75, 3.05) is 19.6 Å². The highest BCUT2D eigenvalue weighted by molar-refractivity contribution is 5.85. The van der Waals surface area contributed by atoms with E-state index in [0.717, 1.165) is 24.4 Å². The summed E-state index contributed by atoms with van der Waals surface area (Å²) in [5.41, 5.74) is 2.27. The molecular formula is C22H30ClN3O2. The van der Waals surface area contributed by atoms with Crippen LogP contribution in [0.3, 0.4) is 0 Å². The van der Waals surface area contributed by atoms with Gasteiger partial charge in [-0.05, 0) is 41.7 Å². The van der Waals surface area contributed by atoms with Crippen molar-refractivity contribution in [2.45, 2.75) is 45.3 Å². The molecule has 1 aromatic heterocycles. The van der Waals surface area contributed by atoms with Gasteiger partial charge in [-0.3, -0.25) is 9.78 Å². The van der Waals surface area contributed by atoms with Crippen LogP contribution in [-0.4, -0.2) is 41.5 Å². The predicted molar refractivity (Wildman–Crippen MR) is 114 cm³/mol. The van der Waals surface area contributed by atoms with Crippen molar-refractivity contribution >= 4 is 18.3 Å². The molecule has 152 valence electrons. The molecule has 1 N–H and O–H groups in total. The molecule has 2 atom stereocenters. The molecule has 1 saturated heterocycles. The molecule has 0 saturated carbocycles. The van der Waals surface area contributed by atoms with E-state index < -0.39 is 6.10 Å². The third kappa shape index (κ3) is 5.24. The fourth-order valence-corrected chi connectivity index (χ4v) is 3.36. The Labute approximate surface area is 173 Å². The van der Waals surface area contributed by atoms with Gasteiger partial charge in [-0.1, -0.05) is 39.0 Å². The normalized spacial score (nSPS) is 18.1. The average Bonchev–Trinajstić information content (AvgIpc) is 2.67. The minimum absolute atomic E-state index is 0. The topological polar surface area (TPSA) is 54.5 Å². The monoisotopic (exact) mass is 403 g/mol. The van der Waals surface area contributed by atoms with Gasteiger partial charge in [0.15, 0.2) is 6.10 Å². The van der Waals surface area contributed by atoms with E-state index in [4.69, 9.17) is 4.74 Å². The van der Waals surface area contributed by atoms with E-state index in [-0.39, 0.29) is 29.8 Å². The lowest BCUT2D eigenvalue weighted by molar-refractivity contribution is -0.141. The van der Waals surface area contributed by atoms with Gasteiger partial charge in [0.05, 0.1) is 6.04 Å². The molecule has 28 heavy (non-hydrogen) atoms. The largest absolute Gasteiger partial charge is 0.481 e. The molecule has 1 aliphatic heterocycles. The number of nitrogens with one attached hydrogen (secondary N) is 1. The van der Waals surface area contributed by atoms with E-state index in [1.807, 2.05) is 48.4 Å². The molecule has 2 aromatic rings. The van der Waals surface area contributed by atoms with E-state index in [9.17, 15) is 4.79 Å². The minimum Gasteiger partial charge on any atom is -0.481 e. The minimum atomic E-state index is -0.544. The lowest BCUT2D eigenvalue weighted by Crippen LogP contribution is -2.52. The lowest BCUT2D eigenvalue weighted by Gasteiger charge is -2.37. The van der Waals surface area contributed by atoms with Gasteiger partial charge in [-0.2, -0.15) is 0 Å². The van der Waals surface area contributed by atoms with Crippen LogP contribution in [0.4, 0.5) is 0 Å². The summed E-state index contributed by atoms with van der Waals surface area (Å²) in [7, 11) is 0. The zero-order valence-corrected chi connectivity index (χ0v) is 17.8. The first-order valence-corrected chi connectivity index (χ1v) is 9.54. The molecule has 1 aliphatic rings. The van der Waals surface area contributed by atoms with Crippen molar-refractivity contribution in [3.63, 3.8) is 0 Å². The number of benzene rings is 1. The maximum absolute atomic E-state index is 13.1. The second kappa shape index (κ2) is 9.39. The molecule has 1 amide bonds. The van der Waals surface area contributed by atoms with E-state index in [1.165, 1.54) is 5.56 Å². The lowest BCUT2D eigenvalue weighted by atomic mass is 9.87. The highest BCUT2D eigenvalue weighted by Crippen LogP contribution is 2.27. The molecule has 1 fully saturated rings. The number of rotatable bonds is 4. The van der Waals surface area contributed by atoms with Crippen molar-refractivity contribution in [3.8, 4) is 5.75 Å². The van der Waals surface area contributed by atoms with Crippen LogP contribution in [0, 0.1) is 0 Å². The molecule has 2 unspecified atom stereocenters. The number of pyridine rings is 1. The van der Waals surface area contributed by atoms with Gasteiger partial charge in [0, 0.05) is 32.0 Å². The molecule has 1 aromatic carbocycles. The van der Waals surface area contributed by atoms with Crippen LogP contribution in [0.1, 0.15) is 44.9 Å². The average molecular weight is 404 g/mol. The number of hydrogen-bond donors (Lipinski definition) is 1. The summed E-state index contributed by atoms with van der Waals surface area (Å²) >= 11 is 0. The summed E-state index contributed by atoms with van der Waals surface area (Å²) in [6.07, 6.45) is 3.04. The van der Waals surface area contributed by atoms with Gasteiger partial charge in [0.2, 0.25) is 0 Å². The van der Waals surface area contributed by atoms with Crippen molar-refractivity contribution in [1.82, 2.24) is 15.2 Å². The smallest absolute Gasteiger partial charge is 0.263 e. The Morgan fingerprint density at radius 1 is 1.29 bits per heavy atom. The molecule has 0 bridgehead atoms. The van der Waals surface area contributed by atoms with Gasteiger partial charge >= 0.3 is 0 Å². The number of piperazine rings is 1. The van der Waals surface area contributed by atoms with Gasteiger partial charge in [0.25, 0.3) is 5.91 Å². The third-order valence-corrected chi connectivity index (χ3v) is 4.96. The Morgan fingerprint density at radius 2 is 2.07 bits per heavy atom. The Kier molecular flexibility index (Phi) is 7.44. The van der Waals surface area contributed by atoms with Crippen molar-refractivity contribution in [1.29, 1.82) is 0 Å². The van der Waals surface area contributed by atoms with Crippen LogP contribution in [0.2, 0.25) is 0 Å². The van der Waals surface area contributed by atoms with E-state index >= 15 is 0 Å². The standard InChI is InChI=1S/C22H29N3O2.ClH/c1-16(27-19-9-5-8-18(13-19)22(2,3)4)21(26)25-12-11-24-15-20(25)17-7-6-10-23-14-17;/h5-10,13-14,16,20,24H,11-12,15H2,1-4H3;1H. The summed E-state index contributed by atoms with van der Waals surface area (Å²) in [5.74, 6) is 0.739. The van der Waals surface area contributed by atoms with Gasteiger partial charge in [0.1, 0.15) is 5.75 Å². The van der Waals surface area contributed by atoms with Crippen LogP contribution >= 0.6 is 12.4 Å². The van der Waals surface area contributed by atoms with Crippen molar-refractivity contribution < 1.29 is 9.53 Å². The summed E-state index contributed by atoms with van der Waals surface area (Å²) in [6.45, 7) is 10.5. The number of nitrogens with zero attached hydrogens (tertiary/aromatic N) is 2. The summed E-state index contributed by atoms with van der Waals surface area (Å²) in [5, 5.41) is 3.37. The van der Waals surface area contributed by atoms with Crippen LogP contribution in [0.15, 0.2) is 48.8 Å². The SMILES string of the molecule is CC(Oc1cccc(C(C)(C)C)c1)C(=O)N1CCNCC1c1cccnc1.Cl. The van der Waals surface area contributed by atoms with Gasteiger partial charge < -0.3 is 15.0 Å². The maximum atomic E-state index is 13.1. The molecule has 0 aliphatic carbocycles. The number of amides is 1. The molecule has 6 heteroatoms. The second-order valence-electron chi connectivity index (χ2n) is 8.08. The fourth-order valence-electron chi connectivity index (χ4n) is 3.36. The summed E-state index contributed by atoms with van der Waals surface area (Å²) < 4.78 is 6.02. The molecule has 3 rings (SSSR count). The first kappa shape index (κ1) is 22.2. The second-order valence-corrected chi connectivity index (χ2v) is 8.08. The zero-order valence-electron chi connectivity index (χ0n) is 17.0. The van der Waals surface area contributed by atoms with E-state index in [2.05, 4.69) is 37.1 Å². The molecular weight excluding hydrogens is 374 g/mol. The Hall–Kier alpha value is -2.11. The number of carbonyl (C=O) groups excluding carboxylic acids is 1. The summed E-state index contributed by atoms with van der Waals surface area (Å²) in [6, 6.07) is 11.9. The molecule has 0 radical (unpaired) electrons. The predicted octanol–water partition coefficient (Wildman–Crippen LogP) is 3.74. The highest BCUT2D eigenvalue weighted by Gasteiger charge is 2.31. The van der Waals surface area contributed by atoms with E-state index in [1.54, 1.807) is 6.20 Å². The van der Waals surface area contributed by atoms with Crippen LogP contribution in [0.25, 0.3) is 0 Å². The zero-order chi connectivity index (χ0) is 19.4. The first-order valence-electron chi connectivity index (χ1n) is 9.54. The van der Waals surface area contributed by atoms with Crippen molar-refractivity contribution in [2.24, 2.45) is 0 Å². The molecule has 5 nitrogen and oxygen atoms in total.